The van der Waals surface area contributed by atoms with Crippen molar-refractivity contribution in [3.63, 3.8) is 0 Å². The summed E-state index contributed by atoms with van der Waals surface area (Å²) in [6.07, 6.45) is 59.8. The molecule has 9 nitrogen and oxygen atoms in total. The predicted octanol–water partition coefficient (Wildman–Crippen LogP) is 12.9. The molecule has 0 bridgehead atoms. The molecule has 0 radical (unpaired) electrons. The molecule has 9 heteroatoms. The Morgan fingerprint density at radius 3 is 1.39 bits per heavy atom. The Morgan fingerprint density at radius 2 is 0.924 bits per heavy atom. The van der Waals surface area contributed by atoms with Crippen LogP contribution in [0.2, 0.25) is 0 Å². The molecule has 0 spiro atoms. The van der Waals surface area contributed by atoms with E-state index in [0.717, 1.165) is 89.9 Å². The lowest BCUT2D eigenvalue weighted by Gasteiger charge is -2.39. The molecule has 1 aliphatic heterocycles. The van der Waals surface area contributed by atoms with Crippen LogP contribution in [0, 0.1) is 0 Å². The second-order valence-electron chi connectivity index (χ2n) is 17.2. The Kier molecular flexibility index (Phi) is 43.3. The summed E-state index contributed by atoms with van der Waals surface area (Å²) < 4.78 is 22.8. The number of esters is 1. The number of aliphatic hydroxyl groups is 4. The number of unbranched alkanes of at least 4 members (excludes halogenated alkanes) is 14. The summed E-state index contributed by atoms with van der Waals surface area (Å²) >= 11 is 0. The fourth-order valence-corrected chi connectivity index (χ4v) is 7.15. The zero-order chi connectivity index (χ0) is 47.8. The SMILES string of the molecule is CC/C=C\C/C=C\C/C=C\C/C=C\C/C=C\C/C=C\CCCCC(=O)OC(COCCCCCCCCC/C=C\C/C=C\C/C=C\CCCCCCC)COC1OC(CO)C(O)C(O)C1O. The molecular weight excluding hydrogens is 829 g/mol. The van der Waals surface area contributed by atoms with E-state index < -0.39 is 43.4 Å². The van der Waals surface area contributed by atoms with Crippen LogP contribution in [0.25, 0.3) is 0 Å². The van der Waals surface area contributed by atoms with Gasteiger partial charge in [0.15, 0.2) is 6.29 Å². The van der Waals surface area contributed by atoms with Crippen LogP contribution in [0.5, 0.6) is 0 Å². The minimum Gasteiger partial charge on any atom is -0.457 e. The molecule has 0 aromatic rings. The predicted molar refractivity (Wildman–Crippen MR) is 274 cm³/mol. The van der Waals surface area contributed by atoms with Gasteiger partial charge in [0.05, 0.1) is 19.8 Å². The fraction of sp³-hybridized carbons (Fsp3) is 0.667. The average molecular weight is 923 g/mol. The van der Waals surface area contributed by atoms with Gasteiger partial charge >= 0.3 is 5.97 Å². The van der Waals surface area contributed by atoms with E-state index in [1.165, 1.54) is 64.2 Å². The molecule has 4 N–H and O–H groups in total. The van der Waals surface area contributed by atoms with Gasteiger partial charge in [0, 0.05) is 13.0 Å². The average Bonchev–Trinajstić information content (AvgIpc) is 3.32. The molecule has 1 rings (SSSR count). The maximum atomic E-state index is 12.8. The Hall–Kier alpha value is -3.15. The van der Waals surface area contributed by atoms with Crippen molar-refractivity contribution >= 4 is 5.97 Å². The highest BCUT2D eigenvalue weighted by Gasteiger charge is 2.44. The van der Waals surface area contributed by atoms with Crippen LogP contribution in [0.4, 0.5) is 0 Å². The number of hydrogen-bond donors (Lipinski definition) is 4. The zero-order valence-corrected chi connectivity index (χ0v) is 41.4. The Labute approximate surface area is 402 Å². The van der Waals surface area contributed by atoms with E-state index in [2.05, 4.69) is 123 Å². The van der Waals surface area contributed by atoms with Crippen LogP contribution < -0.4 is 0 Å². The van der Waals surface area contributed by atoms with Crippen molar-refractivity contribution in [3.05, 3.63) is 109 Å². The van der Waals surface area contributed by atoms with E-state index in [9.17, 15) is 25.2 Å². The van der Waals surface area contributed by atoms with Crippen molar-refractivity contribution in [1.29, 1.82) is 0 Å². The normalized spacial score (nSPS) is 20.2. The molecule has 0 aliphatic carbocycles. The minimum atomic E-state index is -1.55. The monoisotopic (exact) mass is 923 g/mol. The summed E-state index contributed by atoms with van der Waals surface area (Å²) in [7, 11) is 0. The molecule has 0 saturated carbocycles. The van der Waals surface area contributed by atoms with Crippen LogP contribution >= 0.6 is 0 Å². The topological polar surface area (TPSA) is 135 Å². The van der Waals surface area contributed by atoms with E-state index in [1.807, 2.05) is 0 Å². The summed E-state index contributed by atoms with van der Waals surface area (Å²) in [6.45, 7) is 4.34. The lowest BCUT2D eigenvalue weighted by Crippen LogP contribution is -2.59. The number of allylic oxidation sites excluding steroid dienone is 18. The number of carbonyl (C=O) groups is 1. The van der Waals surface area contributed by atoms with E-state index in [1.54, 1.807) is 0 Å². The quantitative estimate of drug-likeness (QED) is 0.0268. The lowest BCUT2D eigenvalue weighted by molar-refractivity contribution is -0.305. The number of carbonyl (C=O) groups excluding carboxylic acids is 1. The molecule has 6 atom stereocenters. The van der Waals surface area contributed by atoms with E-state index in [-0.39, 0.29) is 25.6 Å². The summed E-state index contributed by atoms with van der Waals surface area (Å²) in [6, 6.07) is 0. The smallest absolute Gasteiger partial charge is 0.306 e. The molecule has 6 unspecified atom stereocenters. The van der Waals surface area contributed by atoms with Crippen LogP contribution in [-0.4, -0.2) is 89.6 Å². The summed E-state index contributed by atoms with van der Waals surface area (Å²) in [5.41, 5.74) is 0. The molecule has 1 aliphatic rings. The summed E-state index contributed by atoms with van der Waals surface area (Å²) in [5, 5.41) is 40.3. The van der Waals surface area contributed by atoms with Gasteiger partial charge in [0.25, 0.3) is 0 Å². The Morgan fingerprint density at radius 1 is 0.500 bits per heavy atom. The standard InChI is InChI=1S/C57H94O9/c1-3-5-7-9-11-13-15-17-19-21-23-25-27-29-31-33-35-37-39-41-43-45-47-63-49-51(50-64-57-56(62)55(61)54(60)52(48-58)66-57)65-53(59)46-44-42-40-38-36-34-32-30-28-26-24-22-20-18-16-14-12-10-8-6-4-2/h6,8,12,14-15,17-18,20-21,23-24,26-27,29-30,32,36,38,51-52,54-58,60-62H,3-5,7,9-11,13,16,19,22,25,28,31,33-35,37,39-50H2,1-2H3/b8-6-,14-12-,17-15-,20-18-,23-21-,26-24-,29-27-,32-30-,38-36-. The second kappa shape index (κ2) is 46.9. The van der Waals surface area contributed by atoms with Gasteiger partial charge in [-0.3, -0.25) is 4.79 Å². The van der Waals surface area contributed by atoms with Crippen LogP contribution in [0.15, 0.2) is 109 Å². The first-order chi connectivity index (χ1) is 32.4. The van der Waals surface area contributed by atoms with Crippen molar-refractivity contribution in [3.8, 4) is 0 Å². The van der Waals surface area contributed by atoms with Crippen molar-refractivity contribution in [1.82, 2.24) is 0 Å². The van der Waals surface area contributed by atoms with Crippen molar-refractivity contribution < 1.29 is 44.2 Å². The van der Waals surface area contributed by atoms with Gasteiger partial charge in [0.2, 0.25) is 0 Å². The Balaban J connectivity index is 2.27. The van der Waals surface area contributed by atoms with Crippen LogP contribution in [-0.2, 0) is 23.7 Å². The molecule has 1 saturated heterocycles. The third-order valence-corrected chi connectivity index (χ3v) is 11.2. The van der Waals surface area contributed by atoms with E-state index >= 15 is 0 Å². The molecule has 66 heavy (non-hydrogen) atoms. The van der Waals surface area contributed by atoms with Gasteiger partial charge in [-0.1, -0.05) is 181 Å². The zero-order valence-electron chi connectivity index (χ0n) is 41.4. The van der Waals surface area contributed by atoms with Gasteiger partial charge in [0.1, 0.15) is 30.5 Å². The van der Waals surface area contributed by atoms with E-state index in [0.29, 0.717) is 13.0 Å². The molecule has 0 aromatic carbocycles. The number of ether oxygens (including phenoxy) is 4. The van der Waals surface area contributed by atoms with E-state index in [4.69, 9.17) is 18.9 Å². The van der Waals surface area contributed by atoms with Gasteiger partial charge in [-0.05, 0) is 103 Å². The van der Waals surface area contributed by atoms with Gasteiger partial charge < -0.3 is 39.4 Å². The maximum Gasteiger partial charge on any atom is 0.306 e. The van der Waals surface area contributed by atoms with Gasteiger partial charge in [-0.2, -0.15) is 0 Å². The molecule has 1 heterocycles. The first kappa shape index (κ1) is 60.9. The van der Waals surface area contributed by atoms with Crippen LogP contribution in [0.3, 0.4) is 0 Å². The van der Waals surface area contributed by atoms with Gasteiger partial charge in [-0.25, -0.2) is 0 Å². The summed E-state index contributed by atoms with van der Waals surface area (Å²) in [4.78, 5) is 12.8. The second-order valence-corrected chi connectivity index (χ2v) is 17.2. The van der Waals surface area contributed by atoms with Gasteiger partial charge in [-0.15, -0.1) is 0 Å². The first-order valence-corrected chi connectivity index (χ1v) is 26.0. The molecule has 1 fully saturated rings. The highest BCUT2D eigenvalue weighted by atomic mass is 16.7. The largest absolute Gasteiger partial charge is 0.457 e. The highest BCUT2D eigenvalue weighted by molar-refractivity contribution is 5.69. The number of aliphatic hydroxyl groups excluding tert-OH is 4. The third-order valence-electron chi connectivity index (χ3n) is 11.2. The lowest BCUT2D eigenvalue weighted by atomic mass is 9.99. The van der Waals surface area contributed by atoms with Crippen molar-refractivity contribution in [2.75, 3.05) is 26.4 Å². The minimum absolute atomic E-state index is 0.112. The van der Waals surface area contributed by atoms with Crippen molar-refractivity contribution in [2.45, 2.75) is 218 Å². The molecular formula is C57H94O9. The highest BCUT2D eigenvalue weighted by Crippen LogP contribution is 2.22. The van der Waals surface area contributed by atoms with Crippen molar-refractivity contribution in [2.24, 2.45) is 0 Å². The number of hydrogen-bond acceptors (Lipinski definition) is 9. The summed E-state index contributed by atoms with van der Waals surface area (Å²) in [5.74, 6) is -0.363. The Bertz CT molecular complexity index is 1370. The molecule has 376 valence electrons. The fourth-order valence-electron chi connectivity index (χ4n) is 7.15. The number of rotatable bonds is 43. The first-order valence-electron chi connectivity index (χ1n) is 26.0. The maximum absolute atomic E-state index is 12.8. The third kappa shape index (κ3) is 36.9. The molecule has 0 amide bonds. The van der Waals surface area contributed by atoms with Crippen LogP contribution in [0.1, 0.15) is 181 Å². The molecule has 0 aromatic heterocycles.